The number of piperidine rings is 1. The van der Waals surface area contributed by atoms with Crippen molar-refractivity contribution in [1.29, 1.82) is 0 Å². The molecule has 1 aliphatic heterocycles. The Bertz CT molecular complexity index is 938. The molecule has 3 fully saturated rings. The molecule has 1 aromatic rings. The van der Waals surface area contributed by atoms with Crippen molar-refractivity contribution in [3.63, 3.8) is 0 Å². The van der Waals surface area contributed by atoms with Gasteiger partial charge >= 0.3 is 0 Å². The molecule has 31 heavy (non-hydrogen) atoms. The number of fused-ring (bicyclic) bond motifs is 5. The van der Waals surface area contributed by atoms with Gasteiger partial charge in [0, 0.05) is 23.8 Å². The zero-order chi connectivity index (χ0) is 22.0. The van der Waals surface area contributed by atoms with Gasteiger partial charge in [0.25, 0.3) is 0 Å². The second-order valence-electron chi connectivity index (χ2n) is 11.2. The first kappa shape index (κ1) is 20.8. The number of hydrogen-bond donors (Lipinski definition) is 1. The Hall–Kier alpha value is -2.10. The molecule has 1 N–H and O–H groups in total. The van der Waals surface area contributed by atoms with Gasteiger partial charge in [0.15, 0.2) is 0 Å². The van der Waals surface area contributed by atoms with Crippen molar-refractivity contribution in [3.8, 4) is 0 Å². The molecule has 6 atom stereocenters. The highest BCUT2D eigenvalue weighted by Gasteiger charge is 2.60. The Balaban J connectivity index is 1.48. The van der Waals surface area contributed by atoms with Crippen LogP contribution in [0.25, 0.3) is 0 Å². The molecule has 0 bridgehead atoms. The van der Waals surface area contributed by atoms with Crippen LogP contribution in [0.15, 0.2) is 41.6 Å². The SMILES string of the molecule is CC1=C2N(C)C(=O)C(C(=O)Nc3ccccc3)C[C@]2(C)[C@@H]2CC[C@]3(C)CCC[C@H]3[C@@H]2C1. The minimum Gasteiger partial charge on any atom is -0.325 e. The number of likely N-dealkylation sites (tertiary alicyclic amines) is 1. The Kier molecular flexibility index (Phi) is 4.84. The Morgan fingerprint density at radius 2 is 1.84 bits per heavy atom. The zero-order valence-corrected chi connectivity index (χ0v) is 19.4. The minimum atomic E-state index is -0.623. The summed E-state index contributed by atoms with van der Waals surface area (Å²) in [6.07, 6.45) is 8.34. The first-order valence-corrected chi connectivity index (χ1v) is 12.1. The van der Waals surface area contributed by atoms with E-state index in [1.807, 2.05) is 42.3 Å². The largest absolute Gasteiger partial charge is 0.325 e. The van der Waals surface area contributed by atoms with Crippen molar-refractivity contribution >= 4 is 17.5 Å². The van der Waals surface area contributed by atoms with Crippen LogP contribution in [0.3, 0.4) is 0 Å². The quantitative estimate of drug-likeness (QED) is 0.631. The Morgan fingerprint density at radius 1 is 1.10 bits per heavy atom. The predicted molar refractivity (Wildman–Crippen MR) is 123 cm³/mol. The summed E-state index contributed by atoms with van der Waals surface area (Å²) in [7, 11) is 1.89. The van der Waals surface area contributed by atoms with Crippen LogP contribution in [0.4, 0.5) is 5.69 Å². The van der Waals surface area contributed by atoms with Crippen LogP contribution in [-0.4, -0.2) is 23.8 Å². The molecule has 1 unspecified atom stereocenters. The summed E-state index contributed by atoms with van der Waals surface area (Å²) in [4.78, 5) is 28.4. The van der Waals surface area contributed by atoms with Crippen LogP contribution in [-0.2, 0) is 9.59 Å². The van der Waals surface area contributed by atoms with Crippen molar-refractivity contribution in [2.75, 3.05) is 12.4 Å². The van der Waals surface area contributed by atoms with Crippen molar-refractivity contribution in [2.45, 2.75) is 65.7 Å². The van der Waals surface area contributed by atoms with E-state index in [1.54, 1.807) is 0 Å². The minimum absolute atomic E-state index is 0.0554. The molecule has 1 aromatic carbocycles. The van der Waals surface area contributed by atoms with Crippen molar-refractivity contribution in [1.82, 2.24) is 4.90 Å². The van der Waals surface area contributed by atoms with Crippen molar-refractivity contribution < 1.29 is 9.59 Å². The van der Waals surface area contributed by atoms with Crippen LogP contribution in [0.5, 0.6) is 0 Å². The molecule has 166 valence electrons. The molecule has 4 aliphatic rings. The monoisotopic (exact) mass is 420 g/mol. The molecule has 5 rings (SSSR count). The maximum absolute atomic E-state index is 13.3. The first-order chi connectivity index (χ1) is 14.7. The predicted octanol–water partition coefficient (Wildman–Crippen LogP) is 5.62. The van der Waals surface area contributed by atoms with E-state index in [9.17, 15) is 9.59 Å². The van der Waals surface area contributed by atoms with Gasteiger partial charge in [-0.1, -0.05) is 44.0 Å². The number of allylic oxidation sites excluding steroid dienone is 2. The van der Waals surface area contributed by atoms with Gasteiger partial charge in [-0.15, -0.1) is 0 Å². The van der Waals surface area contributed by atoms with Gasteiger partial charge < -0.3 is 10.2 Å². The molecule has 4 heteroatoms. The number of rotatable bonds is 2. The topological polar surface area (TPSA) is 49.4 Å². The second kappa shape index (κ2) is 7.21. The Labute approximate surface area is 186 Å². The molecule has 2 saturated carbocycles. The van der Waals surface area contributed by atoms with E-state index in [0.717, 1.165) is 18.0 Å². The highest BCUT2D eigenvalue weighted by Crippen LogP contribution is 2.65. The molecule has 3 aliphatic carbocycles. The van der Waals surface area contributed by atoms with Crippen molar-refractivity contribution in [2.24, 2.45) is 34.5 Å². The lowest BCUT2D eigenvalue weighted by molar-refractivity contribution is -0.147. The maximum Gasteiger partial charge on any atom is 0.239 e. The number of carbonyl (C=O) groups is 2. The van der Waals surface area contributed by atoms with E-state index in [1.165, 1.54) is 43.4 Å². The van der Waals surface area contributed by atoms with E-state index >= 15 is 0 Å². The van der Waals surface area contributed by atoms with Crippen LogP contribution < -0.4 is 5.32 Å². The van der Waals surface area contributed by atoms with E-state index < -0.39 is 5.92 Å². The number of hydrogen-bond acceptors (Lipinski definition) is 2. The standard InChI is InChI=1S/C27H36N2O2/c1-17-15-19-21-11-8-13-26(21,2)14-12-22(19)27(3)16-20(25(31)29(4)23(17)27)24(30)28-18-9-6-5-7-10-18/h5-7,9-10,19-22H,8,11-16H2,1-4H3,(H,28,30)/t19-,20?,21-,22+,26-,27+/m0/s1. The van der Waals surface area contributed by atoms with Crippen LogP contribution in [0, 0.1) is 34.5 Å². The van der Waals surface area contributed by atoms with E-state index in [-0.39, 0.29) is 17.2 Å². The number of anilines is 1. The summed E-state index contributed by atoms with van der Waals surface area (Å²) in [5.74, 6) is 1.20. The van der Waals surface area contributed by atoms with Gasteiger partial charge in [0.1, 0.15) is 5.92 Å². The van der Waals surface area contributed by atoms with Crippen molar-refractivity contribution in [3.05, 3.63) is 41.6 Å². The van der Waals surface area contributed by atoms with Gasteiger partial charge in [0.2, 0.25) is 11.8 Å². The fourth-order valence-corrected chi connectivity index (χ4v) is 8.20. The molecular formula is C27H36N2O2. The smallest absolute Gasteiger partial charge is 0.239 e. The van der Waals surface area contributed by atoms with E-state index in [2.05, 4.69) is 26.1 Å². The normalized spacial score (nSPS) is 39.6. The number of nitrogens with one attached hydrogen (secondary N) is 1. The summed E-state index contributed by atoms with van der Waals surface area (Å²) in [5, 5.41) is 3.00. The summed E-state index contributed by atoms with van der Waals surface area (Å²) < 4.78 is 0. The van der Waals surface area contributed by atoms with Gasteiger partial charge in [-0.05, 0) is 80.8 Å². The molecule has 0 aromatic heterocycles. The number of nitrogens with zero attached hydrogens (tertiary/aromatic N) is 1. The zero-order valence-electron chi connectivity index (χ0n) is 19.4. The Morgan fingerprint density at radius 3 is 2.58 bits per heavy atom. The lowest BCUT2D eigenvalue weighted by Gasteiger charge is -2.59. The molecule has 0 spiro atoms. The fourth-order valence-electron chi connectivity index (χ4n) is 8.20. The molecule has 2 amide bonds. The molecule has 1 saturated heterocycles. The van der Waals surface area contributed by atoms with E-state index in [4.69, 9.17) is 0 Å². The average molecular weight is 421 g/mol. The van der Waals surface area contributed by atoms with Gasteiger partial charge in [0.05, 0.1) is 0 Å². The number of amides is 2. The lowest BCUT2D eigenvalue weighted by atomic mass is 9.48. The van der Waals surface area contributed by atoms with Gasteiger partial charge in [-0.2, -0.15) is 0 Å². The van der Waals surface area contributed by atoms with Gasteiger partial charge in [-0.3, -0.25) is 9.59 Å². The summed E-state index contributed by atoms with van der Waals surface area (Å²) in [6.45, 7) is 7.11. The number of carbonyl (C=O) groups excluding carboxylic acids is 2. The number of benzene rings is 1. The van der Waals surface area contributed by atoms with Gasteiger partial charge in [-0.25, -0.2) is 0 Å². The first-order valence-electron chi connectivity index (χ1n) is 12.1. The lowest BCUT2D eigenvalue weighted by Crippen LogP contribution is -2.57. The summed E-state index contributed by atoms with van der Waals surface area (Å²) in [6, 6.07) is 9.50. The summed E-state index contributed by atoms with van der Waals surface area (Å²) >= 11 is 0. The van der Waals surface area contributed by atoms with Crippen LogP contribution in [0.2, 0.25) is 0 Å². The van der Waals surface area contributed by atoms with Crippen LogP contribution >= 0.6 is 0 Å². The number of para-hydroxylation sites is 1. The molecule has 4 nitrogen and oxygen atoms in total. The third-order valence-electron chi connectivity index (χ3n) is 9.47. The highest BCUT2D eigenvalue weighted by molar-refractivity contribution is 6.07. The maximum atomic E-state index is 13.3. The molecule has 1 heterocycles. The highest BCUT2D eigenvalue weighted by atomic mass is 16.2. The average Bonchev–Trinajstić information content (AvgIpc) is 3.13. The second-order valence-corrected chi connectivity index (χ2v) is 11.2. The van der Waals surface area contributed by atoms with E-state index in [0.29, 0.717) is 23.7 Å². The molecular weight excluding hydrogens is 384 g/mol. The third kappa shape index (κ3) is 3.08. The summed E-state index contributed by atoms with van der Waals surface area (Å²) in [5.41, 5.74) is 3.72. The fraction of sp³-hybridized carbons (Fsp3) is 0.630. The molecule has 0 radical (unpaired) electrons. The third-order valence-corrected chi connectivity index (χ3v) is 9.47. The van der Waals surface area contributed by atoms with Crippen LogP contribution in [0.1, 0.15) is 65.7 Å².